The topological polar surface area (TPSA) is 167 Å². The summed E-state index contributed by atoms with van der Waals surface area (Å²) >= 11 is 6.69. The van der Waals surface area contributed by atoms with Crippen LogP contribution >= 0.6 is 11.6 Å². The van der Waals surface area contributed by atoms with Crippen LogP contribution < -0.4 is 11.1 Å². The molecule has 0 spiro atoms. The monoisotopic (exact) mass is 533 g/mol. The number of carbonyl (C=O) groups excluding carboxylic acids is 5. The number of nitrogens with zero attached hydrogens (tertiary/aromatic N) is 1. The Morgan fingerprint density at radius 3 is 2.46 bits per heavy atom. The molecule has 0 aliphatic heterocycles. The maximum absolute atomic E-state index is 13.8. The van der Waals surface area contributed by atoms with Gasteiger partial charge in [0.1, 0.15) is 5.75 Å². The summed E-state index contributed by atoms with van der Waals surface area (Å²) in [4.78, 5) is 67.2. The number of amides is 1. The van der Waals surface area contributed by atoms with E-state index in [-0.39, 0.29) is 24.2 Å². The first kappa shape index (κ1) is 27.4. The summed E-state index contributed by atoms with van der Waals surface area (Å²) in [5.41, 5.74) is 3.47. The highest BCUT2D eigenvalue weighted by Crippen LogP contribution is 2.51. The molecule has 0 aromatic heterocycles. The smallest absolute Gasteiger partial charge is 0.235 e. The fourth-order valence-electron chi connectivity index (χ4n) is 6.33. The molecule has 3 aliphatic carbocycles. The lowest BCUT2D eigenvalue weighted by Crippen LogP contribution is -2.74. The standard InChI is InChI=1S/C26H32ClN3O7/c1-10(2)8-29-9-12-7-15(31)17-13(19(12)27)5-11-6-14-20(30(3)4)22(33)18(25(28)36)24(35)26(14,37)23(34)16(11)21(17)32/h7,10-11,14,16,18,20,29,31,37H,5-6,8-9H2,1-4H3,(H2,28,36)/t11-,14-,16?,18?,20-,26-/m0/s1. The van der Waals surface area contributed by atoms with E-state index in [1.807, 2.05) is 13.8 Å². The Balaban J connectivity index is 1.79. The van der Waals surface area contributed by atoms with Crippen LogP contribution in [0.4, 0.5) is 0 Å². The van der Waals surface area contributed by atoms with Gasteiger partial charge >= 0.3 is 0 Å². The SMILES string of the molecule is CC(C)CNCc1cc(O)c2c(c1Cl)C[C@H]1C[C@H]3[C@H](N(C)C)C(=O)C(C(N)=O)C(=O)[C@@]3(O)C(=O)C1C2=O. The quantitative estimate of drug-likeness (QED) is 0.375. The number of phenolic OH excluding ortho intramolecular Hbond substituents is 1. The molecule has 0 bridgehead atoms. The first-order valence-electron chi connectivity index (χ1n) is 12.3. The summed E-state index contributed by atoms with van der Waals surface area (Å²) in [5, 5.41) is 25.9. The van der Waals surface area contributed by atoms with Crippen molar-refractivity contribution in [3.63, 3.8) is 0 Å². The molecular weight excluding hydrogens is 502 g/mol. The molecule has 0 heterocycles. The fraction of sp³-hybridized carbons (Fsp3) is 0.577. The van der Waals surface area contributed by atoms with Crippen molar-refractivity contribution >= 4 is 40.6 Å². The average molecular weight is 534 g/mol. The second-order valence-electron chi connectivity index (χ2n) is 11.0. The Morgan fingerprint density at radius 2 is 1.89 bits per heavy atom. The molecule has 10 nitrogen and oxygen atoms in total. The number of aliphatic hydroxyl groups is 1. The number of nitrogens with one attached hydrogen (secondary N) is 1. The van der Waals surface area contributed by atoms with Gasteiger partial charge in [0, 0.05) is 17.5 Å². The zero-order valence-electron chi connectivity index (χ0n) is 21.2. The van der Waals surface area contributed by atoms with Crippen LogP contribution in [-0.2, 0) is 32.1 Å². The number of ketones is 4. The van der Waals surface area contributed by atoms with Crippen LogP contribution in [0.5, 0.6) is 5.75 Å². The van der Waals surface area contributed by atoms with Gasteiger partial charge in [0.15, 0.2) is 34.7 Å². The number of likely N-dealkylation sites (N-methyl/N-ethyl adjacent to an activating group) is 1. The minimum absolute atomic E-state index is 0.0171. The van der Waals surface area contributed by atoms with Crippen LogP contribution in [0.1, 0.15) is 41.8 Å². The molecule has 11 heteroatoms. The van der Waals surface area contributed by atoms with Gasteiger partial charge in [0.2, 0.25) is 5.91 Å². The van der Waals surface area contributed by atoms with Crippen molar-refractivity contribution < 1.29 is 34.2 Å². The molecule has 4 rings (SSSR count). The normalized spacial score (nSPS) is 31.4. The lowest BCUT2D eigenvalue weighted by molar-refractivity contribution is -0.181. The van der Waals surface area contributed by atoms with Crippen molar-refractivity contribution in [1.29, 1.82) is 0 Å². The van der Waals surface area contributed by atoms with Crippen molar-refractivity contribution in [1.82, 2.24) is 10.2 Å². The maximum atomic E-state index is 13.8. The number of nitrogens with two attached hydrogens (primary N) is 1. The van der Waals surface area contributed by atoms with Crippen LogP contribution in [-0.4, -0.2) is 76.4 Å². The van der Waals surface area contributed by atoms with E-state index < -0.39 is 64.4 Å². The second-order valence-corrected chi connectivity index (χ2v) is 11.4. The summed E-state index contributed by atoms with van der Waals surface area (Å²) in [7, 11) is 3.08. The lowest BCUT2D eigenvalue weighted by atomic mass is 9.52. The molecule has 2 fully saturated rings. The van der Waals surface area contributed by atoms with E-state index in [2.05, 4.69) is 5.32 Å². The summed E-state index contributed by atoms with van der Waals surface area (Å²) in [6, 6.07) is 0.240. The fourth-order valence-corrected chi connectivity index (χ4v) is 6.62. The minimum atomic E-state index is -2.74. The first-order chi connectivity index (χ1) is 17.2. The number of rotatable bonds is 6. The van der Waals surface area contributed by atoms with E-state index in [1.54, 1.807) is 14.1 Å². The molecule has 0 saturated heterocycles. The number of halogens is 1. The number of fused-ring (bicyclic) bond motifs is 3. The third-order valence-electron chi connectivity index (χ3n) is 7.94. The predicted molar refractivity (Wildman–Crippen MR) is 133 cm³/mol. The number of carbonyl (C=O) groups is 5. The predicted octanol–water partition coefficient (Wildman–Crippen LogP) is 0.266. The Hall–Kier alpha value is -2.66. The number of primary amides is 1. The number of benzene rings is 1. The number of phenols is 1. The van der Waals surface area contributed by atoms with Crippen molar-refractivity contribution in [3.05, 3.63) is 27.8 Å². The highest BCUT2D eigenvalue weighted by Gasteiger charge is 2.69. The van der Waals surface area contributed by atoms with Crippen LogP contribution in [0, 0.1) is 29.6 Å². The molecule has 2 unspecified atom stereocenters. The molecule has 3 aliphatic rings. The largest absolute Gasteiger partial charge is 0.507 e. The van der Waals surface area contributed by atoms with Gasteiger partial charge in [-0.15, -0.1) is 0 Å². The van der Waals surface area contributed by atoms with Crippen molar-refractivity contribution in [2.24, 2.45) is 35.3 Å². The Bertz CT molecular complexity index is 1210. The molecule has 2 saturated carbocycles. The molecule has 200 valence electrons. The molecule has 0 radical (unpaired) electrons. The van der Waals surface area contributed by atoms with Gasteiger partial charge in [0.05, 0.1) is 17.5 Å². The number of hydrogen-bond acceptors (Lipinski definition) is 9. The summed E-state index contributed by atoms with van der Waals surface area (Å²) in [6.07, 6.45) is 0.118. The highest BCUT2D eigenvalue weighted by atomic mass is 35.5. The van der Waals surface area contributed by atoms with E-state index >= 15 is 0 Å². The Morgan fingerprint density at radius 1 is 1.24 bits per heavy atom. The average Bonchev–Trinajstić information content (AvgIpc) is 2.78. The highest BCUT2D eigenvalue weighted by molar-refractivity contribution is 6.34. The second kappa shape index (κ2) is 9.58. The van der Waals surface area contributed by atoms with Crippen molar-refractivity contribution in [2.45, 2.75) is 44.9 Å². The van der Waals surface area contributed by atoms with E-state index in [1.165, 1.54) is 11.0 Å². The molecule has 1 aromatic rings. The maximum Gasteiger partial charge on any atom is 0.235 e. The van der Waals surface area contributed by atoms with E-state index in [0.717, 1.165) is 0 Å². The summed E-state index contributed by atoms with van der Waals surface area (Å²) in [6.45, 7) is 5.17. The molecular formula is C26H32ClN3O7. The number of aromatic hydroxyl groups is 1. The van der Waals surface area contributed by atoms with Gasteiger partial charge < -0.3 is 21.3 Å². The van der Waals surface area contributed by atoms with Gasteiger partial charge in [-0.25, -0.2) is 0 Å². The number of Topliss-reactive ketones (excluding diaryl/α,β-unsaturated/α-hetero) is 4. The van der Waals surface area contributed by atoms with Crippen LogP contribution in [0.3, 0.4) is 0 Å². The molecule has 6 atom stereocenters. The zero-order chi connectivity index (χ0) is 27.6. The number of hydrogen-bond donors (Lipinski definition) is 4. The van der Waals surface area contributed by atoms with E-state index in [0.29, 0.717) is 35.2 Å². The zero-order valence-corrected chi connectivity index (χ0v) is 22.0. The third kappa shape index (κ3) is 4.10. The van der Waals surface area contributed by atoms with Gasteiger partial charge in [-0.1, -0.05) is 25.4 Å². The Labute approximate surface area is 219 Å². The van der Waals surface area contributed by atoms with Gasteiger partial charge in [0.25, 0.3) is 0 Å². The molecule has 1 aromatic carbocycles. The Kier molecular flexibility index (Phi) is 7.09. The minimum Gasteiger partial charge on any atom is -0.507 e. The summed E-state index contributed by atoms with van der Waals surface area (Å²) in [5.74, 6) is -10.4. The van der Waals surface area contributed by atoms with E-state index in [9.17, 15) is 34.2 Å². The van der Waals surface area contributed by atoms with Crippen LogP contribution in [0.15, 0.2) is 6.07 Å². The van der Waals surface area contributed by atoms with Crippen molar-refractivity contribution in [2.75, 3.05) is 20.6 Å². The van der Waals surface area contributed by atoms with Crippen molar-refractivity contribution in [3.8, 4) is 5.75 Å². The van der Waals surface area contributed by atoms with Gasteiger partial charge in [-0.05, 0) is 62.5 Å². The van der Waals surface area contributed by atoms with Gasteiger partial charge in [-0.2, -0.15) is 0 Å². The van der Waals surface area contributed by atoms with Crippen LogP contribution in [0.2, 0.25) is 5.02 Å². The van der Waals surface area contributed by atoms with Crippen LogP contribution in [0.25, 0.3) is 0 Å². The summed E-state index contributed by atoms with van der Waals surface area (Å²) < 4.78 is 0. The molecule has 37 heavy (non-hydrogen) atoms. The molecule has 1 amide bonds. The van der Waals surface area contributed by atoms with Gasteiger partial charge in [-0.3, -0.25) is 28.9 Å². The molecule has 5 N–H and O–H groups in total. The van der Waals surface area contributed by atoms with E-state index in [4.69, 9.17) is 17.3 Å². The third-order valence-corrected chi connectivity index (χ3v) is 8.41. The first-order valence-corrected chi connectivity index (χ1v) is 12.7. The lowest BCUT2D eigenvalue weighted by Gasteiger charge is -2.52.